The number of aliphatic hydroxyl groups is 1. The molecule has 0 heterocycles. The van der Waals surface area contributed by atoms with Crippen LogP contribution >= 0.6 is 11.6 Å². The van der Waals surface area contributed by atoms with Gasteiger partial charge in [-0.05, 0) is 43.4 Å². The van der Waals surface area contributed by atoms with Gasteiger partial charge in [-0.1, -0.05) is 17.7 Å². The Morgan fingerprint density at radius 1 is 1.45 bits per heavy atom. The molecule has 1 aromatic carbocycles. The molecule has 6 heteroatoms. The van der Waals surface area contributed by atoms with Crippen molar-refractivity contribution in [2.75, 3.05) is 19.7 Å². The van der Waals surface area contributed by atoms with Crippen LogP contribution in [0.3, 0.4) is 0 Å². The number of carbonyl (C=O) groups excluding carboxylic acids is 1. The van der Waals surface area contributed by atoms with Crippen LogP contribution in [-0.2, 0) is 5.41 Å². The maximum atomic E-state index is 13.2. The van der Waals surface area contributed by atoms with Crippen molar-refractivity contribution in [3.05, 3.63) is 34.6 Å². The number of nitrogens with one attached hydrogen (secondary N) is 1. The minimum Gasteiger partial charge on any atom is -0.395 e. The summed E-state index contributed by atoms with van der Waals surface area (Å²) in [7, 11) is 0. The van der Waals surface area contributed by atoms with Gasteiger partial charge < -0.3 is 15.3 Å². The highest BCUT2D eigenvalue weighted by Crippen LogP contribution is 2.50. The molecule has 2 aliphatic rings. The molecule has 0 spiro atoms. The summed E-state index contributed by atoms with van der Waals surface area (Å²) in [5.74, 6) is -0.351. The summed E-state index contributed by atoms with van der Waals surface area (Å²) in [5, 5.41) is 12.4. The van der Waals surface area contributed by atoms with Crippen LogP contribution in [0.5, 0.6) is 0 Å². The van der Waals surface area contributed by atoms with Crippen molar-refractivity contribution in [1.29, 1.82) is 0 Å². The minimum absolute atomic E-state index is 0.0289. The monoisotopic (exact) mass is 326 g/mol. The van der Waals surface area contributed by atoms with E-state index in [1.165, 1.54) is 12.1 Å². The average Bonchev–Trinajstić information content (AvgIpc) is 3.36. The lowest BCUT2D eigenvalue weighted by atomic mass is 9.96. The maximum absolute atomic E-state index is 13.2. The Kier molecular flexibility index (Phi) is 4.28. The van der Waals surface area contributed by atoms with Crippen molar-refractivity contribution in [2.24, 2.45) is 0 Å². The van der Waals surface area contributed by atoms with E-state index in [-0.39, 0.29) is 29.9 Å². The molecular formula is C16H20ClFN2O2. The van der Waals surface area contributed by atoms with Crippen molar-refractivity contribution in [3.63, 3.8) is 0 Å². The van der Waals surface area contributed by atoms with Crippen LogP contribution in [0.1, 0.15) is 31.2 Å². The lowest BCUT2D eigenvalue weighted by Crippen LogP contribution is -2.45. The number of nitrogens with zero attached hydrogens (tertiary/aromatic N) is 1. The molecular weight excluding hydrogens is 307 g/mol. The van der Waals surface area contributed by atoms with Gasteiger partial charge >= 0.3 is 6.03 Å². The summed E-state index contributed by atoms with van der Waals surface area (Å²) in [6.07, 6.45) is 3.87. The number of hydrogen-bond acceptors (Lipinski definition) is 2. The molecule has 2 N–H and O–H groups in total. The third-order valence-corrected chi connectivity index (χ3v) is 4.84. The molecule has 1 aromatic rings. The third-order valence-electron chi connectivity index (χ3n) is 4.52. The quantitative estimate of drug-likeness (QED) is 0.844. The van der Waals surface area contributed by atoms with E-state index in [9.17, 15) is 9.18 Å². The number of rotatable bonds is 6. The Labute approximate surface area is 134 Å². The fraction of sp³-hybridized carbons (Fsp3) is 0.562. The standard InChI is InChI=1S/C16H20ClFN2O2/c17-14-9-11(18)1-4-13(14)16(5-6-16)10-19-15(22)20(7-8-21)12-2-3-12/h1,4,9,12,21H,2-3,5-8,10H2,(H,19,22). The van der Waals surface area contributed by atoms with Gasteiger partial charge in [0.05, 0.1) is 6.61 Å². The van der Waals surface area contributed by atoms with Crippen LogP contribution < -0.4 is 5.32 Å². The predicted molar refractivity (Wildman–Crippen MR) is 82.5 cm³/mol. The van der Waals surface area contributed by atoms with Gasteiger partial charge in [0.15, 0.2) is 0 Å². The van der Waals surface area contributed by atoms with Crippen molar-refractivity contribution < 1.29 is 14.3 Å². The van der Waals surface area contributed by atoms with E-state index in [1.807, 2.05) is 0 Å². The second kappa shape index (κ2) is 6.05. The SMILES string of the molecule is O=C(NCC1(c2ccc(F)cc2Cl)CC1)N(CCO)C1CC1. The first-order chi connectivity index (χ1) is 10.6. The molecule has 0 radical (unpaired) electrons. The van der Waals surface area contributed by atoms with Crippen LogP contribution in [0.4, 0.5) is 9.18 Å². The number of aliphatic hydroxyl groups excluding tert-OH is 1. The molecule has 0 unspecified atom stereocenters. The molecule has 0 aliphatic heterocycles. The zero-order valence-corrected chi connectivity index (χ0v) is 13.1. The van der Waals surface area contributed by atoms with Gasteiger partial charge in [-0.3, -0.25) is 0 Å². The zero-order valence-electron chi connectivity index (χ0n) is 12.3. The molecule has 0 aromatic heterocycles. The summed E-state index contributed by atoms with van der Waals surface area (Å²) in [6.45, 7) is 0.825. The second-order valence-electron chi connectivity index (χ2n) is 6.21. The first-order valence-electron chi connectivity index (χ1n) is 7.67. The van der Waals surface area contributed by atoms with Gasteiger partial charge in [0.2, 0.25) is 0 Å². The molecule has 4 nitrogen and oxygen atoms in total. The molecule has 22 heavy (non-hydrogen) atoms. The van der Waals surface area contributed by atoms with E-state index in [4.69, 9.17) is 16.7 Å². The maximum Gasteiger partial charge on any atom is 0.317 e. The summed E-state index contributed by atoms with van der Waals surface area (Å²) < 4.78 is 13.2. The van der Waals surface area contributed by atoms with Crippen molar-refractivity contribution >= 4 is 17.6 Å². The second-order valence-corrected chi connectivity index (χ2v) is 6.62. The van der Waals surface area contributed by atoms with Gasteiger partial charge in [0.1, 0.15) is 5.82 Å². The summed E-state index contributed by atoms with van der Waals surface area (Å²) >= 11 is 6.15. The van der Waals surface area contributed by atoms with Gasteiger partial charge in [-0.25, -0.2) is 9.18 Å². The lowest BCUT2D eigenvalue weighted by Gasteiger charge is -2.24. The molecule has 3 rings (SSSR count). The van der Waals surface area contributed by atoms with E-state index in [2.05, 4.69) is 5.32 Å². The van der Waals surface area contributed by atoms with Gasteiger partial charge in [-0.15, -0.1) is 0 Å². The van der Waals surface area contributed by atoms with E-state index < -0.39 is 0 Å². The Morgan fingerprint density at radius 3 is 2.73 bits per heavy atom. The Morgan fingerprint density at radius 2 is 2.18 bits per heavy atom. The van der Waals surface area contributed by atoms with Crippen LogP contribution in [-0.4, -0.2) is 41.8 Å². The van der Waals surface area contributed by atoms with Crippen molar-refractivity contribution in [1.82, 2.24) is 10.2 Å². The molecule has 0 atom stereocenters. The summed E-state index contributed by atoms with van der Waals surface area (Å²) in [5.41, 5.74) is 0.727. The van der Waals surface area contributed by atoms with E-state index >= 15 is 0 Å². The zero-order chi connectivity index (χ0) is 15.7. The third kappa shape index (κ3) is 3.20. The number of carbonyl (C=O) groups is 1. The predicted octanol–water partition coefficient (Wildman–Crippen LogP) is 2.68. The van der Waals surface area contributed by atoms with Gasteiger partial charge in [0.25, 0.3) is 0 Å². The topological polar surface area (TPSA) is 52.6 Å². The molecule has 0 saturated heterocycles. The minimum atomic E-state index is -0.351. The smallest absolute Gasteiger partial charge is 0.317 e. The lowest BCUT2D eigenvalue weighted by molar-refractivity contribution is 0.173. The first-order valence-corrected chi connectivity index (χ1v) is 8.04. The molecule has 0 bridgehead atoms. The summed E-state index contributed by atoms with van der Waals surface area (Å²) in [6, 6.07) is 4.56. The fourth-order valence-corrected chi connectivity index (χ4v) is 3.27. The van der Waals surface area contributed by atoms with Crippen LogP contribution in [0.2, 0.25) is 5.02 Å². The van der Waals surface area contributed by atoms with Crippen LogP contribution in [0, 0.1) is 5.82 Å². The molecule has 2 fully saturated rings. The van der Waals surface area contributed by atoms with Gasteiger partial charge in [-0.2, -0.15) is 0 Å². The number of halogens is 2. The number of urea groups is 1. The molecule has 120 valence electrons. The highest BCUT2D eigenvalue weighted by Gasteiger charge is 2.46. The average molecular weight is 327 g/mol. The highest BCUT2D eigenvalue weighted by molar-refractivity contribution is 6.31. The van der Waals surface area contributed by atoms with Crippen LogP contribution in [0.15, 0.2) is 18.2 Å². The largest absolute Gasteiger partial charge is 0.395 e. The number of amides is 2. The van der Waals surface area contributed by atoms with Crippen molar-refractivity contribution in [3.8, 4) is 0 Å². The highest BCUT2D eigenvalue weighted by atomic mass is 35.5. The molecule has 2 amide bonds. The Bertz CT molecular complexity index is 573. The van der Waals surface area contributed by atoms with E-state index in [0.29, 0.717) is 18.1 Å². The van der Waals surface area contributed by atoms with Gasteiger partial charge in [0, 0.05) is 29.6 Å². The molecule has 2 saturated carbocycles. The normalized spacial score (nSPS) is 18.9. The van der Waals surface area contributed by atoms with Crippen LogP contribution in [0.25, 0.3) is 0 Å². The van der Waals surface area contributed by atoms with E-state index in [1.54, 1.807) is 11.0 Å². The first kappa shape index (κ1) is 15.6. The number of benzene rings is 1. The van der Waals surface area contributed by atoms with Crippen molar-refractivity contribution in [2.45, 2.75) is 37.1 Å². The Balaban J connectivity index is 1.64. The van der Waals surface area contributed by atoms with E-state index in [0.717, 1.165) is 31.2 Å². The molecule has 2 aliphatic carbocycles. The summed E-state index contributed by atoms with van der Waals surface area (Å²) in [4.78, 5) is 14.0. The Hall–Kier alpha value is -1.33. The number of hydrogen-bond donors (Lipinski definition) is 2. The fourth-order valence-electron chi connectivity index (χ4n) is 2.90.